The minimum Gasteiger partial charge on any atom is -0.476 e. The van der Waals surface area contributed by atoms with Crippen molar-refractivity contribution in [2.75, 3.05) is 6.61 Å². The summed E-state index contributed by atoms with van der Waals surface area (Å²) in [7, 11) is 0. The average molecular weight is 202 g/mol. The third-order valence-electron chi connectivity index (χ3n) is 2.43. The molecule has 0 bridgehead atoms. The molecule has 1 saturated heterocycles. The van der Waals surface area contributed by atoms with Crippen molar-refractivity contribution in [2.45, 2.75) is 32.8 Å². The second kappa shape index (κ2) is 4.55. The van der Waals surface area contributed by atoms with Crippen LogP contribution in [0.25, 0.3) is 0 Å². The first-order valence-electron chi connectivity index (χ1n) is 4.74. The Hall–Kier alpha value is -0.900. The summed E-state index contributed by atoms with van der Waals surface area (Å²) in [5, 5.41) is 8.49. The highest BCUT2D eigenvalue weighted by Crippen LogP contribution is 2.27. The average Bonchev–Trinajstić information content (AvgIpc) is 2.16. The van der Waals surface area contributed by atoms with E-state index in [1.54, 1.807) is 0 Å². The van der Waals surface area contributed by atoms with Crippen molar-refractivity contribution in [3.63, 3.8) is 0 Å². The highest BCUT2D eigenvalue weighted by atomic mass is 19.1. The van der Waals surface area contributed by atoms with E-state index in [9.17, 15) is 9.18 Å². The van der Waals surface area contributed by atoms with Gasteiger partial charge in [-0.05, 0) is 24.3 Å². The Morgan fingerprint density at radius 2 is 2.29 bits per heavy atom. The summed E-state index contributed by atoms with van der Waals surface area (Å²) in [5.41, 5.74) is 0.377. The van der Waals surface area contributed by atoms with Gasteiger partial charge in [0.2, 0.25) is 5.83 Å². The maximum atomic E-state index is 13.1. The van der Waals surface area contributed by atoms with E-state index in [4.69, 9.17) is 9.84 Å². The summed E-state index contributed by atoms with van der Waals surface area (Å²) in [6.45, 7) is 4.37. The Balaban J connectivity index is 2.73. The van der Waals surface area contributed by atoms with Crippen LogP contribution in [-0.2, 0) is 9.53 Å². The number of hydrogen-bond donors (Lipinski definition) is 1. The van der Waals surface area contributed by atoms with Gasteiger partial charge in [0.05, 0.1) is 12.7 Å². The molecule has 4 heteroatoms. The lowest BCUT2D eigenvalue weighted by Crippen LogP contribution is -2.26. The van der Waals surface area contributed by atoms with Crippen molar-refractivity contribution < 1.29 is 19.0 Å². The molecular weight excluding hydrogens is 187 g/mol. The largest absolute Gasteiger partial charge is 0.476 e. The summed E-state index contributed by atoms with van der Waals surface area (Å²) in [6.07, 6.45) is 0.737. The fourth-order valence-electron chi connectivity index (χ4n) is 1.52. The van der Waals surface area contributed by atoms with Gasteiger partial charge >= 0.3 is 5.97 Å². The Kier molecular flexibility index (Phi) is 3.63. The molecule has 1 aliphatic heterocycles. The second-order valence-corrected chi connectivity index (χ2v) is 3.83. The van der Waals surface area contributed by atoms with Crippen molar-refractivity contribution in [2.24, 2.45) is 5.92 Å². The predicted molar refractivity (Wildman–Crippen MR) is 49.6 cm³/mol. The zero-order valence-electron chi connectivity index (χ0n) is 8.42. The molecule has 3 nitrogen and oxygen atoms in total. The molecular formula is C10H15FO3. The lowest BCUT2D eigenvalue weighted by atomic mass is 9.94. The molecule has 0 aromatic heterocycles. The van der Waals surface area contributed by atoms with Crippen LogP contribution >= 0.6 is 0 Å². The molecule has 1 unspecified atom stereocenters. The van der Waals surface area contributed by atoms with E-state index in [0.717, 1.165) is 0 Å². The van der Waals surface area contributed by atoms with Crippen LogP contribution in [0.15, 0.2) is 11.4 Å². The minimum absolute atomic E-state index is 0.0520. The molecule has 1 aliphatic rings. The highest BCUT2D eigenvalue weighted by molar-refractivity contribution is 5.84. The molecule has 1 atom stereocenters. The Morgan fingerprint density at radius 1 is 1.64 bits per heavy atom. The van der Waals surface area contributed by atoms with Gasteiger partial charge < -0.3 is 9.84 Å². The van der Waals surface area contributed by atoms with Crippen LogP contribution in [0.3, 0.4) is 0 Å². The van der Waals surface area contributed by atoms with Gasteiger partial charge in [-0.15, -0.1) is 0 Å². The summed E-state index contributed by atoms with van der Waals surface area (Å²) in [5.74, 6) is -2.18. The normalized spacial score (nSPS) is 26.4. The van der Waals surface area contributed by atoms with Crippen LogP contribution in [0, 0.1) is 5.92 Å². The summed E-state index contributed by atoms with van der Waals surface area (Å²) >= 11 is 0. The van der Waals surface area contributed by atoms with Gasteiger partial charge in [-0.2, -0.15) is 4.39 Å². The summed E-state index contributed by atoms with van der Waals surface area (Å²) in [4.78, 5) is 10.4. The van der Waals surface area contributed by atoms with Crippen LogP contribution in [0.1, 0.15) is 26.7 Å². The maximum absolute atomic E-state index is 13.1. The molecule has 14 heavy (non-hydrogen) atoms. The van der Waals surface area contributed by atoms with E-state index in [1.165, 1.54) is 0 Å². The molecule has 0 radical (unpaired) electrons. The molecule has 1 N–H and O–H groups in total. The van der Waals surface area contributed by atoms with Crippen LogP contribution in [-0.4, -0.2) is 23.8 Å². The number of ether oxygens (including phenoxy) is 1. The van der Waals surface area contributed by atoms with Gasteiger partial charge in [-0.1, -0.05) is 13.8 Å². The van der Waals surface area contributed by atoms with Crippen LogP contribution < -0.4 is 0 Å². The zero-order chi connectivity index (χ0) is 10.7. The molecule has 0 saturated carbocycles. The lowest BCUT2D eigenvalue weighted by Gasteiger charge is -2.27. The van der Waals surface area contributed by atoms with Crippen LogP contribution in [0.2, 0.25) is 0 Å². The Morgan fingerprint density at radius 3 is 2.79 bits per heavy atom. The number of aliphatic carboxylic acids is 1. The van der Waals surface area contributed by atoms with Crippen molar-refractivity contribution in [1.29, 1.82) is 0 Å². The smallest absolute Gasteiger partial charge is 0.364 e. The molecule has 0 amide bonds. The number of hydrogen-bond acceptors (Lipinski definition) is 2. The Labute approximate surface area is 82.6 Å². The third kappa shape index (κ3) is 2.54. The SMILES string of the molecule is CC(C)C1C/C(=C(\F)C(=O)O)CCO1. The lowest BCUT2D eigenvalue weighted by molar-refractivity contribution is -0.134. The van der Waals surface area contributed by atoms with E-state index < -0.39 is 11.8 Å². The first-order chi connectivity index (χ1) is 6.52. The molecule has 0 aromatic carbocycles. The molecule has 1 rings (SSSR count). The second-order valence-electron chi connectivity index (χ2n) is 3.83. The van der Waals surface area contributed by atoms with Crippen molar-refractivity contribution in [3.05, 3.63) is 11.4 Å². The fourth-order valence-corrected chi connectivity index (χ4v) is 1.52. The number of carboxylic acids is 1. The monoisotopic (exact) mass is 202 g/mol. The molecule has 0 spiro atoms. The van der Waals surface area contributed by atoms with Gasteiger partial charge in [0, 0.05) is 0 Å². The van der Waals surface area contributed by atoms with E-state index in [1.807, 2.05) is 13.8 Å². The molecule has 1 fully saturated rings. The van der Waals surface area contributed by atoms with Crippen molar-refractivity contribution >= 4 is 5.97 Å². The first-order valence-corrected chi connectivity index (χ1v) is 4.74. The van der Waals surface area contributed by atoms with Crippen molar-refractivity contribution in [1.82, 2.24) is 0 Å². The van der Waals surface area contributed by atoms with Gasteiger partial charge in [0.15, 0.2) is 0 Å². The predicted octanol–water partition coefficient (Wildman–Crippen LogP) is 2.13. The standard InChI is InChI=1S/C10H15FO3/c1-6(2)8-5-7(3-4-14-8)9(11)10(12)13/h6,8H,3-5H2,1-2H3,(H,12,13)/b9-7-. The Bertz CT molecular complexity index is 258. The quantitative estimate of drug-likeness (QED) is 0.698. The molecule has 0 aromatic rings. The van der Waals surface area contributed by atoms with Gasteiger partial charge in [0.25, 0.3) is 0 Å². The van der Waals surface area contributed by atoms with Crippen LogP contribution in [0.5, 0.6) is 0 Å². The molecule has 80 valence electrons. The highest BCUT2D eigenvalue weighted by Gasteiger charge is 2.25. The zero-order valence-corrected chi connectivity index (χ0v) is 8.42. The number of halogens is 1. The number of carbonyl (C=O) groups is 1. The van der Waals surface area contributed by atoms with E-state index in [2.05, 4.69) is 0 Å². The first kappa shape index (κ1) is 11.2. The number of carboxylic acid groups (broad SMARTS) is 1. The summed E-state index contributed by atoms with van der Waals surface area (Å²) < 4.78 is 18.5. The number of rotatable bonds is 2. The van der Waals surface area contributed by atoms with E-state index >= 15 is 0 Å². The van der Waals surface area contributed by atoms with E-state index in [-0.39, 0.29) is 12.0 Å². The van der Waals surface area contributed by atoms with Gasteiger partial charge in [0.1, 0.15) is 0 Å². The minimum atomic E-state index is -1.47. The fraction of sp³-hybridized carbons (Fsp3) is 0.700. The molecule has 0 aliphatic carbocycles. The third-order valence-corrected chi connectivity index (χ3v) is 2.43. The summed E-state index contributed by atoms with van der Waals surface area (Å²) in [6, 6.07) is 0. The van der Waals surface area contributed by atoms with E-state index in [0.29, 0.717) is 25.0 Å². The van der Waals surface area contributed by atoms with Gasteiger partial charge in [-0.25, -0.2) is 4.79 Å². The van der Waals surface area contributed by atoms with Crippen molar-refractivity contribution in [3.8, 4) is 0 Å². The van der Waals surface area contributed by atoms with Gasteiger partial charge in [-0.3, -0.25) is 0 Å². The molecule has 1 heterocycles. The topological polar surface area (TPSA) is 46.5 Å². The van der Waals surface area contributed by atoms with Crippen LogP contribution in [0.4, 0.5) is 4.39 Å². The maximum Gasteiger partial charge on any atom is 0.364 e.